The Morgan fingerprint density at radius 3 is 2.68 bits per heavy atom. The summed E-state index contributed by atoms with van der Waals surface area (Å²) < 4.78 is 13.8. The quantitative estimate of drug-likeness (QED) is 0.728. The fourth-order valence-electron chi connectivity index (χ4n) is 3.75. The summed E-state index contributed by atoms with van der Waals surface area (Å²) in [5, 5.41) is 5.69. The van der Waals surface area contributed by atoms with Crippen molar-refractivity contribution in [2.45, 2.75) is 37.0 Å². The smallest absolute Gasteiger partial charge is 0.246 e. The number of hydrogen-bond donors (Lipinski definition) is 2. The monoisotopic (exact) mass is 429 g/mol. The minimum atomic E-state index is -0.465. The number of carbonyl (C=O) groups is 2. The maximum absolute atomic E-state index is 13.8. The van der Waals surface area contributed by atoms with Gasteiger partial charge >= 0.3 is 0 Å². The summed E-state index contributed by atoms with van der Waals surface area (Å²) in [6.07, 6.45) is 3.54. The second-order valence-electron chi connectivity index (χ2n) is 7.34. The molecule has 1 aromatic carbocycles. The molecule has 2 aliphatic heterocycles. The van der Waals surface area contributed by atoms with Crippen molar-refractivity contribution < 1.29 is 14.0 Å². The van der Waals surface area contributed by atoms with Gasteiger partial charge in [0, 0.05) is 18.8 Å². The van der Waals surface area contributed by atoms with Crippen LogP contribution in [0.3, 0.4) is 0 Å². The Labute approximate surface area is 176 Å². The highest BCUT2D eigenvalue weighted by atomic mass is 35.5. The van der Waals surface area contributed by atoms with Gasteiger partial charge in [-0.15, -0.1) is 24.2 Å². The molecule has 2 aliphatic rings. The molecule has 2 unspecified atom stereocenters. The number of thioether (sulfide) groups is 1. The standard InChI is InChI=1S/C20H28FN3O2S.ClH/c1-22-9-6-14-7-10-24(11-8-14)20(26)17-13-27-18(19(25)23-17)12-15-4-2-3-5-16(15)21;/h2-5,14,17-18,22H,6-13H2,1H3,(H,23,25);1H. The fraction of sp³-hybridized carbons (Fsp3) is 0.600. The minimum Gasteiger partial charge on any atom is -0.343 e. The van der Waals surface area contributed by atoms with E-state index in [4.69, 9.17) is 0 Å². The molecule has 0 bridgehead atoms. The fourth-order valence-corrected chi connectivity index (χ4v) is 4.92. The molecule has 3 rings (SSSR count). The third-order valence-electron chi connectivity index (χ3n) is 5.46. The van der Waals surface area contributed by atoms with Crippen molar-refractivity contribution in [3.05, 3.63) is 35.6 Å². The van der Waals surface area contributed by atoms with Gasteiger partial charge in [-0.05, 0) is 56.8 Å². The van der Waals surface area contributed by atoms with Gasteiger partial charge in [0.15, 0.2) is 0 Å². The molecule has 28 heavy (non-hydrogen) atoms. The molecule has 2 amide bonds. The Morgan fingerprint density at radius 2 is 2.04 bits per heavy atom. The van der Waals surface area contributed by atoms with Crippen LogP contribution >= 0.6 is 24.2 Å². The predicted octanol–water partition coefficient (Wildman–Crippen LogP) is 2.24. The third-order valence-corrected chi connectivity index (χ3v) is 6.77. The number of nitrogens with zero attached hydrogens (tertiary/aromatic N) is 1. The highest BCUT2D eigenvalue weighted by Crippen LogP contribution is 2.25. The zero-order valence-corrected chi connectivity index (χ0v) is 17.8. The lowest BCUT2D eigenvalue weighted by atomic mass is 9.93. The normalized spacial score (nSPS) is 23.1. The first-order chi connectivity index (χ1) is 13.1. The van der Waals surface area contributed by atoms with Gasteiger partial charge < -0.3 is 15.5 Å². The van der Waals surface area contributed by atoms with Crippen molar-refractivity contribution in [2.75, 3.05) is 32.4 Å². The molecule has 1 aromatic rings. The van der Waals surface area contributed by atoms with Gasteiger partial charge in [-0.2, -0.15) is 0 Å². The van der Waals surface area contributed by atoms with E-state index in [1.54, 1.807) is 18.2 Å². The first-order valence-electron chi connectivity index (χ1n) is 9.67. The van der Waals surface area contributed by atoms with Gasteiger partial charge in [-0.1, -0.05) is 18.2 Å². The summed E-state index contributed by atoms with van der Waals surface area (Å²) in [5.74, 6) is 0.778. The number of amides is 2. The molecule has 2 heterocycles. The second kappa shape index (κ2) is 11.0. The van der Waals surface area contributed by atoms with E-state index < -0.39 is 6.04 Å². The average molecular weight is 430 g/mol. The molecule has 0 radical (unpaired) electrons. The number of hydrogen-bond acceptors (Lipinski definition) is 4. The Hall–Kier alpha value is -1.31. The van der Waals surface area contributed by atoms with Crippen LogP contribution in [0.4, 0.5) is 4.39 Å². The lowest BCUT2D eigenvalue weighted by Gasteiger charge is -2.36. The largest absolute Gasteiger partial charge is 0.343 e. The lowest BCUT2D eigenvalue weighted by molar-refractivity contribution is -0.137. The van der Waals surface area contributed by atoms with Gasteiger partial charge in [-0.3, -0.25) is 9.59 Å². The van der Waals surface area contributed by atoms with Crippen LogP contribution in [0.5, 0.6) is 0 Å². The van der Waals surface area contributed by atoms with Crippen molar-refractivity contribution >= 4 is 36.0 Å². The summed E-state index contributed by atoms with van der Waals surface area (Å²) in [5.41, 5.74) is 0.540. The van der Waals surface area contributed by atoms with Gasteiger partial charge in [0.1, 0.15) is 11.9 Å². The lowest BCUT2D eigenvalue weighted by Crippen LogP contribution is -2.56. The number of piperidine rings is 1. The number of nitrogens with one attached hydrogen (secondary N) is 2. The van der Waals surface area contributed by atoms with Gasteiger partial charge in [-0.25, -0.2) is 4.39 Å². The van der Waals surface area contributed by atoms with Crippen LogP contribution < -0.4 is 10.6 Å². The van der Waals surface area contributed by atoms with E-state index in [0.29, 0.717) is 23.7 Å². The summed E-state index contributed by atoms with van der Waals surface area (Å²) in [6, 6.07) is 6.07. The Bertz CT molecular complexity index is 671. The first kappa shape index (κ1) is 23.0. The summed E-state index contributed by atoms with van der Waals surface area (Å²) in [4.78, 5) is 27.1. The maximum Gasteiger partial charge on any atom is 0.246 e. The van der Waals surface area contributed by atoms with E-state index in [2.05, 4.69) is 10.6 Å². The molecule has 8 heteroatoms. The van der Waals surface area contributed by atoms with E-state index in [1.807, 2.05) is 11.9 Å². The predicted molar refractivity (Wildman–Crippen MR) is 113 cm³/mol. The van der Waals surface area contributed by atoms with Crippen molar-refractivity contribution in [1.29, 1.82) is 0 Å². The van der Waals surface area contributed by atoms with Crippen LogP contribution in [0.25, 0.3) is 0 Å². The Balaban J connectivity index is 0.00000280. The molecule has 156 valence electrons. The van der Waals surface area contributed by atoms with Crippen molar-refractivity contribution in [3.63, 3.8) is 0 Å². The first-order valence-corrected chi connectivity index (χ1v) is 10.7. The number of carbonyl (C=O) groups excluding carboxylic acids is 2. The molecule has 2 saturated heterocycles. The van der Waals surface area contributed by atoms with Crippen LogP contribution in [0.2, 0.25) is 0 Å². The Morgan fingerprint density at radius 1 is 1.32 bits per heavy atom. The summed E-state index contributed by atoms with van der Waals surface area (Å²) in [7, 11) is 1.96. The molecule has 2 fully saturated rings. The van der Waals surface area contributed by atoms with Crippen LogP contribution in [0.15, 0.2) is 24.3 Å². The molecule has 2 atom stereocenters. The zero-order chi connectivity index (χ0) is 19.2. The molecular formula is C20H29ClFN3O2S. The van der Waals surface area contributed by atoms with E-state index in [0.717, 1.165) is 38.9 Å². The number of benzene rings is 1. The van der Waals surface area contributed by atoms with Crippen LogP contribution in [-0.2, 0) is 16.0 Å². The van der Waals surface area contributed by atoms with Crippen molar-refractivity contribution in [1.82, 2.24) is 15.5 Å². The second-order valence-corrected chi connectivity index (χ2v) is 8.58. The minimum absolute atomic E-state index is 0. The molecule has 0 aliphatic carbocycles. The molecule has 5 nitrogen and oxygen atoms in total. The average Bonchev–Trinajstić information content (AvgIpc) is 2.69. The van der Waals surface area contributed by atoms with Crippen molar-refractivity contribution in [3.8, 4) is 0 Å². The van der Waals surface area contributed by atoms with Crippen LogP contribution in [-0.4, -0.2) is 60.4 Å². The third kappa shape index (κ3) is 5.84. The van der Waals surface area contributed by atoms with Gasteiger partial charge in [0.05, 0.1) is 5.25 Å². The van der Waals surface area contributed by atoms with Crippen LogP contribution in [0, 0.1) is 11.7 Å². The number of halogens is 2. The highest BCUT2D eigenvalue weighted by molar-refractivity contribution is 8.00. The highest BCUT2D eigenvalue weighted by Gasteiger charge is 2.35. The van der Waals surface area contributed by atoms with E-state index in [1.165, 1.54) is 17.8 Å². The van der Waals surface area contributed by atoms with E-state index >= 15 is 0 Å². The van der Waals surface area contributed by atoms with Crippen LogP contribution in [0.1, 0.15) is 24.8 Å². The topological polar surface area (TPSA) is 61.4 Å². The van der Waals surface area contributed by atoms with Crippen molar-refractivity contribution in [2.24, 2.45) is 5.92 Å². The summed E-state index contributed by atoms with van der Waals surface area (Å²) >= 11 is 1.45. The number of rotatable bonds is 6. The van der Waals surface area contributed by atoms with E-state index in [9.17, 15) is 14.0 Å². The summed E-state index contributed by atoms with van der Waals surface area (Å²) in [6.45, 7) is 2.54. The van der Waals surface area contributed by atoms with Gasteiger partial charge in [0.25, 0.3) is 0 Å². The van der Waals surface area contributed by atoms with E-state index in [-0.39, 0.29) is 35.3 Å². The Kier molecular flexibility index (Phi) is 9.05. The van der Waals surface area contributed by atoms with Gasteiger partial charge in [0.2, 0.25) is 11.8 Å². The molecule has 0 spiro atoms. The maximum atomic E-state index is 13.8. The molecule has 0 aromatic heterocycles. The molecular weight excluding hydrogens is 401 g/mol. The molecule has 0 saturated carbocycles. The SMILES string of the molecule is CNCCC1CCN(C(=O)C2CSC(Cc3ccccc3F)C(=O)N2)CC1.Cl. The zero-order valence-electron chi connectivity index (χ0n) is 16.2. The molecule has 2 N–H and O–H groups in total. The number of likely N-dealkylation sites (tertiary alicyclic amines) is 1.